The number of carbonyl (C=O) groups excluding carboxylic acids is 3. The molecule has 0 saturated carbocycles. The molecule has 0 aliphatic heterocycles. The number of rotatable bonds is 57. The molecule has 0 saturated heterocycles. The van der Waals surface area contributed by atoms with E-state index >= 15 is 0 Å². The van der Waals surface area contributed by atoms with Gasteiger partial charge in [-0.25, -0.2) is 0 Å². The van der Waals surface area contributed by atoms with Crippen LogP contribution < -0.4 is 0 Å². The topological polar surface area (TPSA) is 78.9 Å². The Balaban J connectivity index is 4.17. The molecular weight excluding hydrogens is 949 g/mol. The highest BCUT2D eigenvalue weighted by molar-refractivity contribution is 5.71. The third kappa shape index (κ3) is 62.5. The summed E-state index contributed by atoms with van der Waals surface area (Å²) in [5.74, 6) is -0.913. The lowest BCUT2D eigenvalue weighted by Crippen LogP contribution is -2.30. The van der Waals surface area contributed by atoms with Crippen molar-refractivity contribution in [3.8, 4) is 0 Å². The highest BCUT2D eigenvalue weighted by Crippen LogP contribution is 2.16. The van der Waals surface area contributed by atoms with E-state index in [0.29, 0.717) is 19.3 Å². The Morgan fingerprint density at radius 1 is 0.273 bits per heavy atom. The summed E-state index contributed by atoms with van der Waals surface area (Å²) in [7, 11) is 0. The zero-order valence-electron chi connectivity index (χ0n) is 50.2. The van der Waals surface area contributed by atoms with Crippen LogP contribution in [-0.4, -0.2) is 37.2 Å². The lowest BCUT2D eigenvalue weighted by atomic mass is 10.0. The fourth-order valence-corrected chi connectivity index (χ4v) is 8.68. The molecule has 1 unspecified atom stereocenters. The van der Waals surface area contributed by atoms with Gasteiger partial charge in [0, 0.05) is 19.3 Å². The van der Waals surface area contributed by atoms with Crippen molar-refractivity contribution in [3.05, 3.63) is 122 Å². The number of hydrogen-bond donors (Lipinski definition) is 0. The van der Waals surface area contributed by atoms with Crippen LogP contribution in [-0.2, 0) is 28.6 Å². The molecule has 0 aliphatic rings. The van der Waals surface area contributed by atoms with Gasteiger partial charge in [-0.3, -0.25) is 14.4 Å². The summed E-state index contributed by atoms with van der Waals surface area (Å²) in [5.41, 5.74) is 0. The third-order valence-electron chi connectivity index (χ3n) is 13.4. The molecule has 0 aromatic rings. The SMILES string of the molecule is CC/C=C\C/C=C\C/C=C\C/C=C\C/C=C\C/C=C\CCCCCCCCCCCCCCCCC(=O)OCC(COC(=O)CCCCCCC/C=C\CCCC)OC(=O)CCCCCCC/C=C\C/C=C\C/C=C\CC. The fourth-order valence-electron chi connectivity index (χ4n) is 8.68. The number of carbonyl (C=O) groups is 3. The zero-order valence-corrected chi connectivity index (χ0v) is 50.2. The van der Waals surface area contributed by atoms with E-state index in [1.165, 1.54) is 109 Å². The first-order valence-corrected chi connectivity index (χ1v) is 32.0. The summed E-state index contributed by atoms with van der Waals surface area (Å²) in [5, 5.41) is 0. The Morgan fingerprint density at radius 3 is 0.805 bits per heavy atom. The fraction of sp³-hybridized carbons (Fsp3) is 0.676. The molecule has 6 nitrogen and oxygen atoms in total. The summed E-state index contributed by atoms with van der Waals surface area (Å²) in [6.07, 6.45) is 89.3. The molecule has 0 bridgehead atoms. The van der Waals surface area contributed by atoms with Crippen molar-refractivity contribution in [3.63, 3.8) is 0 Å². The molecule has 1 atom stereocenters. The van der Waals surface area contributed by atoms with Gasteiger partial charge in [-0.1, -0.05) is 271 Å². The van der Waals surface area contributed by atoms with Crippen molar-refractivity contribution < 1.29 is 28.6 Å². The summed E-state index contributed by atoms with van der Waals surface area (Å²) in [4.78, 5) is 38.2. The molecule has 0 rings (SSSR count). The van der Waals surface area contributed by atoms with Crippen molar-refractivity contribution in [1.29, 1.82) is 0 Å². The molecular formula is C71H118O6. The molecule has 77 heavy (non-hydrogen) atoms. The maximum absolute atomic E-state index is 12.9. The first-order valence-electron chi connectivity index (χ1n) is 32.0. The smallest absolute Gasteiger partial charge is 0.306 e. The molecule has 0 spiro atoms. The minimum Gasteiger partial charge on any atom is -0.462 e. The Labute approximate surface area is 475 Å². The predicted octanol–water partition coefficient (Wildman–Crippen LogP) is 22.0. The monoisotopic (exact) mass is 1070 g/mol. The van der Waals surface area contributed by atoms with Crippen LogP contribution in [0.3, 0.4) is 0 Å². The van der Waals surface area contributed by atoms with E-state index in [1.807, 2.05) is 0 Å². The molecule has 0 heterocycles. The highest BCUT2D eigenvalue weighted by atomic mass is 16.6. The van der Waals surface area contributed by atoms with Gasteiger partial charge >= 0.3 is 17.9 Å². The highest BCUT2D eigenvalue weighted by Gasteiger charge is 2.19. The lowest BCUT2D eigenvalue weighted by Gasteiger charge is -2.18. The number of ether oxygens (including phenoxy) is 3. The third-order valence-corrected chi connectivity index (χ3v) is 13.4. The molecule has 0 N–H and O–H groups in total. The zero-order chi connectivity index (χ0) is 55.7. The van der Waals surface area contributed by atoms with Gasteiger partial charge in [0.1, 0.15) is 13.2 Å². The molecule has 0 amide bonds. The van der Waals surface area contributed by atoms with Crippen molar-refractivity contribution in [2.75, 3.05) is 13.2 Å². The molecule has 0 aromatic heterocycles. The van der Waals surface area contributed by atoms with Crippen molar-refractivity contribution in [1.82, 2.24) is 0 Å². The Bertz CT molecular complexity index is 1600. The van der Waals surface area contributed by atoms with E-state index in [0.717, 1.165) is 141 Å². The average Bonchev–Trinajstić information content (AvgIpc) is 3.43. The number of allylic oxidation sites excluding steroid dienone is 20. The summed E-state index contributed by atoms with van der Waals surface area (Å²) >= 11 is 0. The van der Waals surface area contributed by atoms with Crippen LogP contribution in [0.2, 0.25) is 0 Å². The van der Waals surface area contributed by atoms with Crippen molar-refractivity contribution in [2.24, 2.45) is 0 Å². The van der Waals surface area contributed by atoms with Gasteiger partial charge < -0.3 is 14.2 Å². The van der Waals surface area contributed by atoms with Crippen LogP contribution in [0.5, 0.6) is 0 Å². The van der Waals surface area contributed by atoms with Gasteiger partial charge in [0.2, 0.25) is 0 Å². The van der Waals surface area contributed by atoms with Gasteiger partial charge in [-0.15, -0.1) is 0 Å². The number of unbranched alkanes of at least 4 members (excludes halogenated alkanes) is 26. The lowest BCUT2D eigenvalue weighted by molar-refractivity contribution is -0.167. The van der Waals surface area contributed by atoms with E-state index < -0.39 is 6.10 Å². The van der Waals surface area contributed by atoms with E-state index in [-0.39, 0.29) is 31.1 Å². The second-order valence-corrected chi connectivity index (χ2v) is 20.9. The summed E-state index contributed by atoms with van der Waals surface area (Å²) < 4.78 is 16.9. The van der Waals surface area contributed by atoms with Gasteiger partial charge in [0.15, 0.2) is 6.10 Å². The van der Waals surface area contributed by atoms with Gasteiger partial charge in [-0.05, 0) is 122 Å². The summed E-state index contributed by atoms with van der Waals surface area (Å²) in [6, 6.07) is 0. The molecule has 0 aromatic carbocycles. The second-order valence-electron chi connectivity index (χ2n) is 20.9. The van der Waals surface area contributed by atoms with Gasteiger partial charge in [0.05, 0.1) is 0 Å². The Hall–Kier alpha value is -4.19. The van der Waals surface area contributed by atoms with Crippen LogP contribution in [0.15, 0.2) is 122 Å². The average molecular weight is 1070 g/mol. The minimum atomic E-state index is -0.792. The van der Waals surface area contributed by atoms with Gasteiger partial charge in [-0.2, -0.15) is 0 Å². The number of esters is 3. The van der Waals surface area contributed by atoms with Crippen LogP contribution >= 0.6 is 0 Å². The quantitative estimate of drug-likeness (QED) is 0.0261. The van der Waals surface area contributed by atoms with Crippen molar-refractivity contribution >= 4 is 17.9 Å². The van der Waals surface area contributed by atoms with Crippen molar-refractivity contribution in [2.45, 2.75) is 297 Å². The predicted molar refractivity (Wildman–Crippen MR) is 334 cm³/mol. The first kappa shape index (κ1) is 72.8. The standard InChI is InChI=1S/C71H118O6/c1-4-7-10-13-16-19-22-24-26-27-28-29-30-31-32-33-34-35-36-37-38-39-40-41-42-43-45-46-49-52-55-58-61-64-70(73)76-67-68(66-75-69(72)63-60-57-54-51-48-21-18-15-12-9-6-3)77-71(74)65-62-59-56-53-50-47-44-25-23-20-17-14-11-8-5-2/h7-8,10-11,15-20,24-26,28-29,31-32,34-35,44,68H,4-6,9,12-14,21-23,27,30,33,36-43,45-67H2,1-3H3/b10-7-,11-8-,18-15-,19-16-,20-17-,26-24-,29-28-,32-31-,35-34-,44-25-. The largest absolute Gasteiger partial charge is 0.462 e. The van der Waals surface area contributed by atoms with Crippen LogP contribution in [0.4, 0.5) is 0 Å². The second kappa shape index (κ2) is 64.3. The van der Waals surface area contributed by atoms with E-state index in [9.17, 15) is 14.4 Å². The van der Waals surface area contributed by atoms with Crippen LogP contribution in [0, 0.1) is 0 Å². The van der Waals surface area contributed by atoms with E-state index in [1.54, 1.807) is 0 Å². The first-order chi connectivity index (χ1) is 38.0. The van der Waals surface area contributed by atoms with Gasteiger partial charge in [0.25, 0.3) is 0 Å². The molecule has 438 valence electrons. The molecule has 0 aliphatic carbocycles. The number of hydrogen-bond acceptors (Lipinski definition) is 6. The molecule has 0 fully saturated rings. The summed E-state index contributed by atoms with van der Waals surface area (Å²) in [6.45, 7) is 6.36. The van der Waals surface area contributed by atoms with E-state index in [4.69, 9.17) is 14.2 Å². The van der Waals surface area contributed by atoms with E-state index in [2.05, 4.69) is 142 Å². The van der Waals surface area contributed by atoms with Crippen LogP contribution in [0.1, 0.15) is 290 Å². The maximum Gasteiger partial charge on any atom is 0.306 e. The molecule has 0 radical (unpaired) electrons. The Kier molecular flexibility index (Phi) is 60.8. The minimum absolute atomic E-state index is 0.0883. The van der Waals surface area contributed by atoms with Crippen LogP contribution in [0.25, 0.3) is 0 Å². The molecule has 6 heteroatoms. The normalized spacial score (nSPS) is 12.9. The maximum atomic E-state index is 12.9. The Morgan fingerprint density at radius 2 is 0.506 bits per heavy atom.